The minimum Gasteiger partial charge on any atom is -0.482 e. The Morgan fingerprint density at radius 3 is 2.35 bits per heavy atom. The van der Waals surface area contributed by atoms with Crippen LogP contribution < -0.4 is 9.64 Å². The molecule has 180 valence electrons. The van der Waals surface area contributed by atoms with Crippen molar-refractivity contribution in [3.05, 3.63) is 59.7 Å². The van der Waals surface area contributed by atoms with E-state index in [2.05, 4.69) is 0 Å². The smallest absolute Gasteiger partial charge is 0.410 e. The molecule has 4 rings (SSSR count). The average Bonchev–Trinajstić information content (AvgIpc) is 3.06. The molecule has 0 unspecified atom stereocenters. The lowest BCUT2D eigenvalue weighted by Gasteiger charge is -2.29. The van der Waals surface area contributed by atoms with Crippen molar-refractivity contribution in [1.82, 2.24) is 9.80 Å². The number of carbonyl (C=O) groups excluding carboxylic acids is 3. The first-order valence-corrected chi connectivity index (χ1v) is 11.6. The molecule has 0 atom stereocenters. The maximum Gasteiger partial charge on any atom is 0.410 e. The van der Waals surface area contributed by atoms with Gasteiger partial charge in [0.1, 0.15) is 11.4 Å². The van der Waals surface area contributed by atoms with Crippen molar-refractivity contribution in [2.24, 2.45) is 0 Å². The summed E-state index contributed by atoms with van der Waals surface area (Å²) in [5.41, 5.74) is 1.71. The molecule has 34 heavy (non-hydrogen) atoms. The van der Waals surface area contributed by atoms with Crippen LogP contribution in [0.25, 0.3) is 0 Å². The molecule has 3 amide bonds. The third kappa shape index (κ3) is 5.50. The Hall–Kier alpha value is -3.55. The molecule has 1 fully saturated rings. The van der Waals surface area contributed by atoms with Crippen molar-refractivity contribution in [2.75, 3.05) is 37.7 Å². The van der Waals surface area contributed by atoms with Gasteiger partial charge in [0.25, 0.3) is 11.8 Å². The Labute approximate surface area is 200 Å². The largest absolute Gasteiger partial charge is 0.482 e. The van der Waals surface area contributed by atoms with Gasteiger partial charge in [0.05, 0.1) is 12.2 Å². The van der Waals surface area contributed by atoms with Crippen LogP contribution in [0.3, 0.4) is 0 Å². The van der Waals surface area contributed by atoms with E-state index in [9.17, 15) is 14.4 Å². The van der Waals surface area contributed by atoms with Crippen LogP contribution in [0.4, 0.5) is 10.5 Å². The number of nitrogens with zero attached hydrogens (tertiary/aromatic N) is 3. The van der Waals surface area contributed by atoms with E-state index < -0.39 is 5.60 Å². The third-order valence-corrected chi connectivity index (χ3v) is 5.78. The van der Waals surface area contributed by atoms with E-state index in [1.807, 2.05) is 57.2 Å². The average molecular weight is 466 g/mol. The van der Waals surface area contributed by atoms with Gasteiger partial charge in [0.2, 0.25) is 0 Å². The molecule has 0 N–H and O–H groups in total. The molecule has 0 spiro atoms. The highest BCUT2D eigenvalue weighted by atomic mass is 16.6. The number of anilines is 1. The standard InChI is InChI=1S/C26H31N3O5/c1-26(2,3)34-25(32)28-14-6-13-27(15-16-28)24(31)20-11-9-19(10-12-20)17-29-21-7-4-5-8-22(21)33-18-23(29)30/h4-5,7-12H,6,13-18H2,1-3H3. The third-order valence-electron chi connectivity index (χ3n) is 5.78. The quantitative estimate of drug-likeness (QED) is 0.691. The maximum atomic E-state index is 13.1. The van der Waals surface area contributed by atoms with Crippen LogP contribution >= 0.6 is 0 Å². The van der Waals surface area contributed by atoms with E-state index in [4.69, 9.17) is 9.47 Å². The highest BCUT2D eigenvalue weighted by Crippen LogP contribution is 2.32. The highest BCUT2D eigenvalue weighted by molar-refractivity contribution is 5.98. The number of hydrogen-bond donors (Lipinski definition) is 0. The predicted octanol–water partition coefficient (Wildman–Crippen LogP) is 3.70. The monoisotopic (exact) mass is 465 g/mol. The lowest BCUT2D eigenvalue weighted by molar-refractivity contribution is -0.121. The SMILES string of the molecule is CC(C)(C)OC(=O)N1CCCN(C(=O)c2ccc(CN3C(=O)COc4ccccc43)cc2)CC1. The van der Waals surface area contributed by atoms with E-state index >= 15 is 0 Å². The number of fused-ring (bicyclic) bond motifs is 1. The number of benzene rings is 2. The Kier molecular flexibility index (Phi) is 6.77. The maximum absolute atomic E-state index is 13.1. The molecule has 0 aromatic heterocycles. The second-order valence-corrected chi connectivity index (χ2v) is 9.55. The molecule has 2 aliphatic heterocycles. The minimum atomic E-state index is -0.547. The topological polar surface area (TPSA) is 79.4 Å². The summed E-state index contributed by atoms with van der Waals surface area (Å²) >= 11 is 0. The summed E-state index contributed by atoms with van der Waals surface area (Å²) in [6.45, 7) is 7.99. The Morgan fingerprint density at radius 1 is 0.941 bits per heavy atom. The van der Waals surface area contributed by atoms with Gasteiger partial charge >= 0.3 is 6.09 Å². The molecular weight excluding hydrogens is 434 g/mol. The Morgan fingerprint density at radius 2 is 1.62 bits per heavy atom. The van der Waals surface area contributed by atoms with E-state index in [1.165, 1.54) is 0 Å². The molecule has 8 nitrogen and oxygen atoms in total. The van der Waals surface area contributed by atoms with E-state index in [0.717, 1.165) is 11.3 Å². The summed E-state index contributed by atoms with van der Waals surface area (Å²) in [6.07, 6.45) is 0.354. The van der Waals surface area contributed by atoms with Gasteiger partial charge in [-0.1, -0.05) is 24.3 Å². The number of carbonyl (C=O) groups is 3. The van der Waals surface area contributed by atoms with Crippen molar-refractivity contribution in [3.63, 3.8) is 0 Å². The molecule has 2 heterocycles. The van der Waals surface area contributed by atoms with Crippen LogP contribution in [0.2, 0.25) is 0 Å². The first-order valence-electron chi connectivity index (χ1n) is 11.6. The van der Waals surface area contributed by atoms with Gasteiger partial charge in [-0.05, 0) is 57.0 Å². The van der Waals surface area contributed by atoms with Crippen molar-refractivity contribution in [2.45, 2.75) is 39.3 Å². The molecule has 0 bridgehead atoms. The molecule has 1 saturated heterocycles. The van der Waals surface area contributed by atoms with Gasteiger partial charge in [-0.3, -0.25) is 9.59 Å². The summed E-state index contributed by atoms with van der Waals surface area (Å²) in [6, 6.07) is 14.8. The molecule has 2 aromatic rings. The molecule has 2 aromatic carbocycles. The second kappa shape index (κ2) is 9.75. The first-order chi connectivity index (χ1) is 16.2. The second-order valence-electron chi connectivity index (χ2n) is 9.55. The molecule has 8 heteroatoms. The van der Waals surface area contributed by atoms with Gasteiger partial charge < -0.3 is 24.2 Å². The van der Waals surface area contributed by atoms with Crippen LogP contribution in [0.15, 0.2) is 48.5 Å². The van der Waals surface area contributed by atoms with Gasteiger partial charge in [0.15, 0.2) is 6.61 Å². The number of hydrogen-bond acceptors (Lipinski definition) is 5. The van der Waals surface area contributed by atoms with Crippen LogP contribution in [0.1, 0.15) is 43.1 Å². The van der Waals surface area contributed by atoms with E-state index in [0.29, 0.717) is 50.5 Å². The van der Waals surface area contributed by atoms with Gasteiger partial charge in [-0.15, -0.1) is 0 Å². The molecule has 2 aliphatic rings. The fourth-order valence-electron chi connectivity index (χ4n) is 4.07. The number of para-hydroxylation sites is 2. The van der Waals surface area contributed by atoms with E-state index in [1.54, 1.807) is 26.8 Å². The van der Waals surface area contributed by atoms with Crippen LogP contribution in [0, 0.1) is 0 Å². The van der Waals surface area contributed by atoms with Crippen molar-refractivity contribution in [3.8, 4) is 5.75 Å². The highest BCUT2D eigenvalue weighted by Gasteiger charge is 2.27. The summed E-state index contributed by atoms with van der Waals surface area (Å²) in [5.74, 6) is 0.527. The lowest BCUT2D eigenvalue weighted by Crippen LogP contribution is -2.40. The van der Waals surface area contributed by atoms with E-state index in [-0.39, 0.29) is 24.5 Å². The molecule has 0 saturated carbocycles. The number of ether oxygens (including phenoxy) is 2. The Balaban J connectivity index is 1.38. The zero-order valence-corrected chi connectivity index (χ0v) is 20.0. The van der Waals surface area contributed by atoms with Crippen LogP contribution in [-0.4, -0.2) is 66.1 Å². The van der Waals surface area contributed by atoms with Gasteiger partial charge in [-0.2, -0.15) is 0 Å². The fraction of sp³-hybridized carbons (Fsp3) is 0.423. The molecule has 0 radical (unpaired) electrons. The Bertz CT molecular complexity index is 1060. The minimum absolute atomic E-state index is 0.0167. The van der Waals surface area contributed by atoms with Crippen molar-refractivity contribution in [1.29, 1.82) is 0 Å². The summed E-state index contributed by atoms with van der Waals surface area (Å²) in [4.78, 5) is 43.0. The summed E-state index contributed by atoms with van der Waals surface area (Å²) in [5, 5.41) is 0. The van der Waals surface area contributed by atoms with Crippen LogP contribution in [-0.2, 0) is 16.1 Å². The number of amides is 3. The fourth-order valence-corrected chi connectivity index (χ4v) is 4.07. The molecule has 0 aliphatic carbocycles. The van der Waals surface area contributed by atoms with Gasteiger partial charge in [-0.25, -0.2) is 4.79 Å². The summed E-state index contributed by atoms with van der Waals surface area (Å²) in [7, 11) is 0. The summed E-state index contributed by atoms with van der Waals surface area (Å²) < 4.78 is 11.0. The first kappa shape index (κ1) is 23.6. The molecular formula is C26H31N3O5. The normalized spacial score (nSPS) is 16.4. The van der Waals surface area contributed by atoms with Crippen LogP contribution in [0.5, 0.6) is 5.75 Å². The van der Waals surface area contributed by atoms with Crippen molar-refractivity contribution < 1.29 is 23.9 Å². The lowest BCUT2D eigenvalue weighted by atomic mass is 10.1. The predicted molar refractivity (Wildman–Crippen MR) is 128 cm³/mol. The zero-order valence-electron chi connectivity index (χ0n) is 20.0. The van der Waals surface area contributed by atoms with Crippen molar-refractivity contribution >= 4 is 23.6 Å². The van der Waals surface area contributed by atoms with Gasteiger partial charge in [0, 0.05) is 31.7 Å². The zero-order chi connectivity index (χ0) is 24.3. The number of rotatable bonds is 3.